The Morgan fingerprint density at radius 1 is 1.12 bits per heavy atom. The normalized spacial score (nSPS) is 15.2. The van der Waals surface area contributed by atoms with Crippen LogP contribution in [-0.4, -0.2) is 29.6 Å². The number of amidine groups is 2. The van der Waals surface area contributed by atoms with E-state index in [1.54, 1.807) is 6.92 Å². The first kappa shape index (κ1) is 15.1. The van der Waals surface area contributed by atoms with Crippen LogP contribution >= 0.6 is 23.2 Å². The summed E-state index contributed by atoms with van der Waals surface area (Å²) in [6.45, 7) is 2.27. The first-order valence-electron chi connectivity index (χ1n) is 4.65. The predicted molar refractivity (Wildman–Crippen MR) is 66.6 cm³/mol. The summed E-state index contributed by atoms with van der Waals surface area (Å²) in [7, 11) is 0. The molecule has 0 fully saturated rings. The highest BCUT2D eigenvalue weighted by atomic mass is 35.5. The van der Waals surface area contributed by atoms with Gasteiger partial charge in [-0.25, -0.2) is 0 Å². The van der Waals surface area contributed by atoms with Crippen LogP contribution in [0.2, 0.25) is 0 Å². The van der Waals surface area contributed by atoms with Gasteiger partial charge in [0.2, 0.25) is 0 Å². The van der Waals surface area contributed by atoms with Crippen molar-refractivity contribution in [2.45, 2.75) is 11.8 Å². The molecule has 0 aromatic heterocycles. The quantitative estimate of drug-likeness (QED) is 0.241. The Hall–Kier alpha value is -0.880. The predicted octanol–water partition coefficient (Wildman–Crippen LogP) is 1.37. The van der Waals surface area contributed by atoms with Crippen LogP contribution < -0.4 is 11.5 Å². The van der Waals surface area contributed by atoms with E-state index in [1.807, 2.05) is 0 Å². The Labute approximate surface area is 104 Å². The van der Waals surface area contributed by atoms with Crippen molar-refractivity contribution < 1.29 is 0 Å². The zero-order valence-electron chi connectivity index (χ0n) is 8.95. The van der Waals surface area contributed by atoms with Crippen molar-refractivity contribution in [2.24, 2.45) is 33.5 Å². The zero-order valence-corrected chi connectivity index (χ0v) is 10.5. The molecule has 2 unspecified atom stereocenters. The van der Waals surface area contributed by atoms with Crippen LogP contribution in [0.25, 0.3) is 0 Å². The highest BCUT2D eigenvalue weighted by Crippen LogP contribution is 2.15. The second-order valence-electron chi connectivity index (χ2n) is 3.40. The first-order chi connectivity index (χ1) is 7.36. The average Bonchev–Trinajstić information content (AvgIpc) is 2.15. The standard InChI is InChI=1S/C8H16Cl2N6/c1-4(7(11)12)2-15-16-3-5(6(9)10)8(13)14/h4-6H,2-3H2,1H3,(H3,11,12)(H3,13,14). The molecule has 0 amide bonds. The van der Waals surface area contributed by atoms with Crippen molar-refractivity contribution in [1.82, 2.24) is 0 Å². The van der Waals surface area contributed by atoms with E-state index in [1.165, 1.54) is 0 Å². The third-order valence-electron chi connectivity index (χ3n) is 1.97. The monoisotopic (exact) mass is 266 g/mol. The van der Waals surface area contributed by atoms with Crippen LogP contribution in [0.3, 0.4) is 0 Å². The van der Waals surface area contributed by atoms with Crippen LogP contribution in [0.5, 0.6) is 0 Å². The Kier molecular flexibility index (Phi) is 7.00. The Morgan fingerprint density at radius 2 is 1.62 bits per heavy atom. The maximum Gasteiger partial charge on any atom is 0.119 e. The van der Waals surface area contributed by atoms with Gasteiger partial charge in [0.05, 0.1) is 30.7 Å². The van der Waals surface area contributed by atoms with Crippen LogP contribution in [0.1, 0.15) is 6.92 Å². The molecule has 0 aliphatic rings. The van der Waals surface area contributed by atoms with Crippen molar-refractivity contribution in [3.05, 3.63) is 0 Å². The molecule has 6 nitrogen and oxygen atoms in total. The van der Waals surface area contributed by atoms with E-state index in [0.29, 0.717) is 6.54 Å². The number of alkyl halides is 2. The number of hydrogen-bond donors (Lipinski definition) is 4. The fourth-order valence-corrected chi connectivity index (χ4v) is 1.17. The minimum atomic E-state index is -0.776. The molecule has 0 saturated carbocycles. The molecule has 0 aliphatic carbocycles. The molecule has 0 aromatic carbocycles. The molecular weight excluding hydrogens is 251 g/mol. The maximum absolute atomic E-state index is 7.22. The Morgan fingerprint density at radius 3 is 2.00 bits per heavy atom. The molecule has 92 valence electrons. The van der Waals surface area contributed by atoms with Crippen molar-refractivity contribution >= 4 is 34.9 Å². The third kappa shape index (κ3) is 5.87. The van der Waals surface area contributed by atoms with Gasteiger partial charge in [0, 0.05) is 5.92 Å². The molecule has 0 heterocycles. The fraction of sp³-hybridized carbons (Fsp3) is 0.750. The van der Waals surface area contributed by atoms with Crippen LogP contribution in [-0.2, 0) is 0 Å². The van der Waals surface area contributed by atoms with E-state index in [9.17, 15) is 0 Å². The van der Waals surface area contributed by atoms with E-state index in [4.69, 9.17) is 45.5 Å². The van der Waals surface area contributed by atoms with Gasteiger partial charge in [-0.05, 0) is 0 Å². The Bertz CT molecular complexity index is 278. The van der Waals surface area contributed by atoms with Gasteiger partial charge in [0.1, 0.15) is 4.84 Å². The SMILES string of the molecule is CC(CN=NCC(C(=N)N)C(Cl)Cl)C(=N)N. The molecule has 2 atom stereocenters. The van der Waals surface area contributed by atoms with Gasteiger partial charge < -0.3 is 11.5 Å². The van der Waals surface area contributed by atoms with E-state index in [-0.39, 0.29) is 24.1 Å². The fourth-order valence-electron chi connectivity index (χ4n) is 0.738. The van der Waals surface area contributed by atoms with Crippen LogP contribution in [0.4, 0.5) is 0 Å². The Balaban J connectivity index is 4.07. The number of azo groups is 1. The lowest BCUT2D eigenvalue weighted by Crippen LogP contribution is -2.29. The lowest BCUT2D eigenvalue weighted by molar-refractivity contribution is 0.670. The average molecular weight is 267 g/mol. The molecular formula is C8H16Cl2N6. The van der Waals surface area contributed by atoms with Crippen molar-refractivity contribution in [3.63, 3.8) is 0 Å². The first-order valence-corrected chi connectivity index (χ1v) is 5.52. The van der Waals surface area contributed by atoms with Crippen molar-refractivity contribution in [1.29, 1.82) is 10.8 Å². The van der Waals surface area contributed by atoms with E-state index in [2.05, 4.69) is 10.2 Å². The van der Waals surface area contributed by atoms with E-state index in [0.717, 1.165) is 0 Å². The molecule has 0 rings (SSSR count). The lowest BCUT2D eigenvalue weighted by Gasteiger charge is -2.12. The molecule has 6 N–H and O–H groups in total. The summed E-state index contributed by atoms with van der Waals surface area (Å²) in [5, 5.41) is 22.0. The minimum absolute atomic E-state index is 0.0645. The largest absolute Gasteiger partial charge is 0.387 e. The summed E-state index contributed by atoms with van der Waals surface area (Å²) in [5.41, 5.74) is 10.5. The molecule has 8 heteroatoms. The summed E-state index contributed by atoms with van der Waals surface area (Å²) < 4.78 is 0. The maximum atomic E-state index is 7.22. The van der Waals surface area contributed by atoms with Crippen molar-refractivity contribution in [3.8, 4) is 0 Å². The van der Waals surface area contributed by atoms with Gasteiger partial charge in [-0.15, -0.1) is 23.2 Å². The number of hydrogen-bond acceptors (Lipinski definition) is 4. The topological polar surface area (TPSA) is 124 Å². The molecule has 16 heavy (non-hydrogen) atoms. The van der Waals surface area contributed by atoms with Gasteiger partial charge in [-0.3, -0.25) is 10.8 Å². The second kappa shape index (κ2) is 7.40. The highest BCUT2D eigenvalue weighted by molar-refractivity contribution is 6.45. The minimum Gasteiger partial charge on any atom is -0.387 e. The van der Waals surface area contributed by atoms with Gasteiger partial charge >= 0.3 is 0 Å². The lowest BCUT2D eigenvalue weighted by atomic mass is 10.1. The van der Waals surface area contributed by atoms with E-state index < -0.39 is 10.8 Å². The summed E-state index contributed by atoms with van der Waals surface area (Å²) in [6.07, 6.45) is 0. The number of rotatable bonds is 7. The summed E-state index contributed by atoms with van der Waals surface area (Å²) in [5.74, 6) is -0.731. The number of nitrogens with zero attached hydrogens (tertiary/aromatic N) is 2. The van der Waals surface area contributed by atoms with Crippen LogP contribution in [0, 0.1) is 22.7 Å². The molecule has 0 saturated heterocycles. The molecule has 0 spiro atoms. The summed E-state index contributed by atoms with van der Waals surface area (Å²) in [4.78, 5) is -0.776. The van der Waals surface area contributed by atoms with Gasteiger partial charge in [-0.1, -0.05) is 6.92 Å². The second-order valence-corrected chi connectivity index (χ2v) is 4.56. The zero-order chi connectivity index (χ0) is 12.7. The molecule has 0 radical (unpaired) electrons. The molecule has 0 aromatic rings. The smallest absolute Gasteiger partial charge is 0.119 e. The number of nitrogens with two attached hydrogens (primary N) is 2. The number of halogens is 2. The van der Waals surface area contributed by atoms with E-state index >= 15 is 0 Å². The van der Waals surface area contributed by atoms with Gasteiger partial charge in [0.25, 0.3) is 0 Å². The highest BCUT2D eigenvalue weighted by Gasteiger charge is 2.19. The van der Waals surface area contributed by atoms with Crippen molar-refractivity contribution in [2.75, 3.05) is 13.1 Å². The van der Waals surface area contributed by atoms with Gasteiger partial charge in [0.15, 0.2) is 0 Å². The molecule has 0 aliphatic heterocycles. The molecule has 0 bridgehead atoms. The number of nitrogens with one attached hydrogen (secondary N) is 2. The van der Waals surface area contributed by atoms with Crippen LogP contribution in [0.15, 0.2) is 10.2 Å². The summed E-state index contributed by atoms with van der Waals surface area (Å²) in [6, 6.07) is 0. The summed E-state index contributed by atoms with van der Waals surface area (Å²) >= 11 is 11.2. The van der Waals surface area contributed by atoms with Gasteiger partial charge in [-0.2, -0.15) is 10.2 Å². The third-order valence-corrected chi connectivity index (χ3v) is 2.58.